The number of hydrogen-bond donors (Lipinski definition) is 0. The zero-order valence-electron chi connectivity index (χ0n) is 12.3. The van der Waals surface area contributed by atoms with Gasteiger partial charge >= 0.3 is 0 Å². The Bertz CT molecular complexity index is 392. The van der Waals surface area contributed by atoms with Gasteiger partial charge in [0.05, 0.1) is 24.4 Å². The molecule has 1 aromatic rings. The molecule has 0 aromatic heterocycles. The summed E-state index contributed by atoms with van der Waals surface area (Å²) >= 11 is 0. The van der Waals surface area contributed by atoms with Crippen LogP contribution in [0, 0.1) is 5.92 Å². The van der Waals surface area contributed by atoms with Crippen molar-refractivity contribution in [3.63, 3.8) is 0 Å². The van der Waals surface area contributed by atoms with Gasteiger partial charge in [-0.1, -0.05) is 25.1 Å². The first-order valence-electron chi connectivity index (χ1n) is 6.93. The molecule has 4 atom stereocenters. The minimum atomic E-state index is -0.0122. The summed E-state index contributed by atoms with van der Waals surface area (Å²) in [5.74, 6) is 1.24. The maximum atomic E-state index is 5.79. The molecule has 1 aliphatic rings. The molecule has 0 radical (unpaired) electrons. The van der Waals surface area contributed by atoms with Gasteiger partial charge in [-0.25, -0.2) is 0 Å². The van der Waals surface area contributed by atoms with E-state index in [2.05, 4.69) is 20.8 Å². The third-order valence-corrected chi connectivity index (χ3v) is 4.05. The molecule has 0 spiro atoms. The second-order valence-electron chi connectivity index (χ2n) is 5.65. The minimum Gasteiger partial charge on any atom is -0.493 e. The molecule has 2 rings (SSSR count). The average molecular weight is 264 g/mol. The van der Waals surface area contributed by atoms with E-state index in [1.165, 1.54) is 0 Å². The Hall–Kier alpha value is -1.06. The molecule has 1 heterocycles. The van der Waals surface area contributed by atoms with Crippen LogP contribution in [0.5, 0.6) is 5.75 Å². The van der Waals surface area contributed by atoms with Gasteiger partial charge in [0.2, 0.25) is 0 Å². The second kappa shape index (κ2) is 5.93. The minimum absolute atomic E-state index is 0.0122. The van der Waals surface area contributed by atoms with Gasteiger partial charge in [0.25, 0.3) is 0 Å². The van der Waals surface area contributed by atoms with E-state index < -0.39 is 0 Å². The highest BCUT2D eigenvalue weighted by Crippen LogP contribution is 2.41. The highest BCUT2D eigenvalue weighted by atomic mass is 16.6. The summed E-state index contributed by atoms with van der Waals surface area (Å²) in [6.07, 6.45) is 1.43. The van der Waals surface area contributed by atoms with Crippen molar-refractivity contribution < 1.29 is 14.2 Å². The van der Waals surface area contributed by atoms with Gasteiger partial charge in [0.1, 0.15) is 5.75 Å². The van der Waals surface area contributed by atoms with Gasteiger partial charge in [0.15, 0.2) is 0 Å². The molecular weight excluding hydrogens is 240 g/mol. The Balaban J connectivity index is 1.82. The van der Waals surface area contributed by atoms with E-state index in [1.807, 2.05) is 30.3 Å². The molecule has 106 valence electrons. The maximum absolute atomic E-state index is 5.79. The zero-order chi connectivity index (χ0) is 13.9. The molecule has 4 unspecified atom stereocenters. The number of para-hydroxylation sites is 1. The lowest BCUT2D eigenvalue weighted by atomic mass is 9.93. The van der Waals surface area contributed by atoms with Gasteiger partial charge in [-0.2, -0.15) is 0 Å². The molecule has 3 heteroatoms. The monoisotopic (exact) mass is 264 g/mol. The molecule has 0 aliphatic carbocycles. The van der Waals surface area contributed by atoms with Crippen LogP contribution in [-0.2, 0) is 9.47 Å². The van der Waals surface area contributed by atoms with Crippen LogP contribution in [0.2, 0.25) is 0 Å². The van der Waals surface area contributed by atoms with Crippen molar-refractivity contribution in [2.24, 2.45) is 5.92 Å². The topological polar surface area (TPSA) is 31.0 Å². The van der Waals surface area contributed by atoms with Crippen LogP contribution in [0.4, 0.5) is 0 Å². The normalized spacial score (nSPS) is 28.7. The van der Waals surface area contributed by atoms with Crippen LogP contribution < -0.4 is 4.74 Å². The number of rotatable bonds is 7. The Morgan fingerprint density at radius 1 is 1.32 bits per heavy atom. The van der Waals surface area contributed by atoms with E-state index in [9.17, 15) is 0 Å². The summed E-state index contributed by atoms with van der Waals surface area (Å²) in [4.78, 5) is 0. The van der Waals surface area contributed by atoms with Crippen molar-refractivity contribution >= 4 is 0 Å². The van der Waals surface area contributed by atoms with Crippen LogP contribution in [0.25, 0.3) is 0 Å². The maximum Gasteiger partial charge on any atom is 0.119 e. The summed E-state index contributed by atoms with van der Waals surface area (Å²) < 4.78 is 17.0. The number of hydrogen-bond acceptors (Lipinski definition) is 3. The predicted molar refractivity (Wildman–Crippen MR) is 75.5 cm³/mol. The quantitative estimate of drug-likeness (QED) is 0.708. The summed E-state index contributed by atoms with van der Waals surface area (Å²) in [6.45, 7) is 7.08. The van der Waals surface area contributed by atoms with E-state index in [1.54, 1.807) is 7.11 Å². The largest absolute Gasteiger partial charge is 0.493 e. The van der Waals surface area contributed by atoms with Crippen LogP contribution in [0.1, 0.15) is 27.2 Å². The van der Waals surface area contributed by atoms with Crippen LogP contribution >= 0.6 is 0 Å². The first-order valence-corrected chi connectivity index (χ1v) is 6.93. The molecule has 0 bridgehead atoms. The van der Waals surface area contributed by atoms with E-state index in [0.717, 1.165) is 12.2 Å². The van der Waals surface area contributed by atoms with Crippen molar-refractivity contribution in [2.75, 3.05) is 13.7 Å². The molecule has 1 saturated heterocycles. The fraction of sp³-hybridized carbons (Fsp3) is 0.625. The zero-order valence-corrected chi connectivity index (χ0v) is 12.3. The second-order valence-corrected chi connectivity index (χ2v) is 5.65. The molecule has 1 fully saturated rings. The molecular formula is C16H24O3. The number of benzene rings is 1. The Morgan fingerprint density at radius 2 is 1.95 bits per heavy atom. The fourth-order valence-corrected chi connectivity index (χ4v) is 2.35. The number of methoxy groups -OCH3 is 1. The standard InChI is InChI=1S/C16H24O3/c1-12(11-18-14-8-6-5-7-9-14)15(17-4)10-16(3)13(2)19-16/h5-9,12-13,15H,10-11H2,1-4H3. The lowest BCUT2D eigenvalue weighted by Crippen LogP contribution is -2.30. The third kappa shape index (κ3) is 3.71. The van der Waals surface area contributed by atoms with Crippen molar-refractivity contribution in [1.82, 2.24) is 0 Å². The Morgan fingerprint density at radius 3 is 2.47 bits per heavy atom. The lowest BCUT2D eigenvalue weighted by molar-refractivity contribution is 0.0179. The van der Waals surface area contributed by atoms with Crippen LogP contribution in [0.3, 0.4) is 0 Å². The van der Waals surface area contributed by atoms with Gasteiger partial charge < -0.3 is 14.2 Å². The summed E-state index contributed by atoms with van der Waals surface area (Å²) in [5.41, 5.74) is -0.0122. The van der Waals surface area contributed by atoms with Gasteiger partial charge in [-0.15, -0.1) is 0 Å². The van der Waals surface area contributed by atoms with E-state index in [-0.39, 0.29) is 11.7 Å². The summed E-state index contributed by atoms with van der Waals surface area (Å²) in [5, 5.41) is 0. The average Bonchev–Trinajstić information content (AvgIpc) is 3.02. The van der Waals surface area contributed by atoms with Crippen molar-refractivity contribution in [3.8, 4) is 5.75 Å². The number of epoxide rings is 1. The van der Waals surface area contributed by atoms with E-state index >= 15 is 0 Å². The smallest absolute Gasteiger partial charge is 0.119 e. The van der Waals surface area contributed by atoms with Crippen molar-refractivity contribution in [3.05, 3.63) is 30.3 Å². The van der Waals surface area contributed by atoms with Crippen LogP contribution in [-0.4, -0.2) is 31.5 Å². The first kappa shape index (κ1) is 14.4. The highest BCUT2D eigenvalue weighted by Gasteiger charge is 2.50. The van der Waals surface area contributed by atoms with E-state index in [4.69, 9.17) is 14.2 Å². The number of ether oxygens (including phenoxy) is 3. The van der Waals surface area contributed by atoms with Gasteiger partial charge in [-0.05, 0) is 26.0 Å². The predicted octanol–water partition coefficient (Wildman–Crippen LogP) is 3.28. The Labute approximate surface area is 115 Å². The molecule has 1 aromatic carbocycles. The molecule has 0 saturated carbocycles. The molecule has 0 N–H and O–H groups in total. The molecule has 19 heavy (non-hydrogen) atoms. The van der Waals surface area contributed by atoms with E-state index in [0.29, 0.717) is 18.6 Å². The van der Waals surface area contributed by atoms with Crippen molar-refractivity contribution in [2.45, 2.75) is 45.0 Å². The first-order chi connectivity index (χ1) is 9.05. The fourth-order valence-electron chi connectivity index (χ4n) is 2.35. The van der Waals surface area contributed by atoms with Gasteiger partial charge in [0, 0.05) is 19.4 Å². The van der Waals surface area contributed by atoms with Crippen molar-refractivity contribution in [1.29, 1.82) is 0 Å². The molecule has 1 aliphatic heterocycles. The molecule has 3 nitrogen and oxygen atoms in total. The van der Waals surface area contributed by atoms with Crippen LogP contribution in [0.15, 0.2) is 30.3 Å². The lowest BCUT2D eigenvalue weighted by Gasteiger charge is -2.24. The Kier molecular flexibility index (Phi) is 4.48. The molecule has 0 amide bonds. The SMILES string of the molecule is COC(CC1(C)OC1C)C(C)COc1ccccc1. The van der Waals surface area contributed by atoms with Gasteiger partial charge in [-0.3, -0.25) is 0 Å². The highest BCUT2D eigenvalue weighted by molar-refractivity contribution is 5.20. The third-order valence-electron chi connectivity index (χ3n) is 4.05. The summed E-state index contributed by atoms with van der Waals surface area (Å²) in [6, 6.07) is 9.90. The summed E-state index contributed by atoms with van der Waals surface area (Å²) in [7, 11) is 1.76.